The molecule has 1 amide bonds. The van der Waals surface area contributed by atoms with E-state index in [1.165, 1.54) is 0 Å². The van der Waals surface area contributed by atoms with E-state index < -0.39 is 0 Å². The highest BCUT2D eigenvalue weighted by atomic mass is 16.5. The molecule has 2 aromatic rings. The van der Waals surface area contributed by atoms with Crippen molar-refractivity contribution in [3.8, 4) is 0 Å². The quantitative estimate of drug-likeness (QED) is 0.850. The van der Waals surface area contributed by atoms with E-state index in [1.54, 1.807) is 6.20 Å². The van der Waals surface area contributed by atoms with Crippen LogP contribution in [0.25, 0.3) is 0 Å². The molecule has 1 aromatic carbocycles. The highest BCUT2D eigenvalue weighted by Crippen LogP contribution is 2.26. The van der Waals surface area contributed by atoms with E-state index >= 15 is 0 Å². The molecule has 0 N–H and O–H groups in total. The number of benzene rings is 1. The lowest BCUT2D eigenvalue weighted by atomic mass is 10.0. The lowest BCUT2D eigenvalue weighted by Gasteiger charge is -2.31. The molecular weight excluding hydrogens is 288 g/mol. The van der Waals surface area contributed by atoms with Gasteiger partial charge in [0.1, 0.15) is 6.10 Å². The van der Waals surface area contributed by atoms with E-state index in [1.807, 2.05) is 41.4 Å². The van der Waals surface area contributed by atoms with Crippen LogP contribution in [0.15, 0.2) is 54.9 Å². The van der Waals surface area contributed by atoms with Crippen LogP contribution in [0.5, 0.6) is 0 Å². The minimum atomic E-state index is -0.308. The number of amides is 1. The topological polar surface area (TPSA) is 42.4 Å². The highest BCUT2D eigenvalue weighted by Gasteiger charge is 2.31. The first-order valence-electron chi connectivity index (χ1n) is 8.11. The summed E-state index contributed by atoms with van der Waals surface area (Å²) >= 11 is 0. The van der Waals surface area contributed by atoms with Gasteiger partial charge in [0.2, 0.25) is 0 Å². The van der Waals surface area contributed by atoms with Gasteiger partial charge in [0.05, 0.1) is 6.04 Å². The van der Waals surface area contributed by atoms with Crippen LogP contribution in [-0.2, 0) is 16.1 Å². The summed E-state index contributed by atoms with van der Waals surface area (Å²) in [6, 6.07) is 14.0. The van der Waals surface area contributed by atoms with E-state index in [-0.39, 0.29) is 18.1 Å². The van der Waals surface area contributed by atoms with Gasteiger partial charge in [0.25, 0.3) is 5.91 Å². The molecule has 1 aliphatic rings. The number of nitrogens with zero attached hydrogens (tertiary/aromatic N) is 2. The fourth-order valence-electron chi connectivity index (χ4n) is 2.96. The molecule has 1 aromatic heterocycles. The second-order valence-electron chi connectivity index (χ2n) is 5.92. The Balaban J connectivity index is 1.84. The zero-order valence-corrected chi connectivity index (χ0v) is 13.4. The van der Waals surface area contributed by atoms with Crippen LogP contribution in [-0.4, -0.2) is 28.5 Å². The summed E-state index contributed by atoms with van der Waals surface area (Å²) in [6.45, 7) is 3.29. The Morgan fingerprint density at radius 1 is 1.30 bits per heavy atom. The van der Waals surface area contributed by atoms with E-state index in [9.17, 15) is 4.79 Å². The van der Waals surface area contributed by atoms with Gasteiger partial charge < -0.3 is 9.64 Å². The summed E-state index contributed by atoms with van der Waals surface area (Å²) < 4.78 is 5.61. The molecule has 2 heterocycles. The Bertz CT molecular complexity index is 624. The molecule has 4 heteroatoms. The molecule has 1 fully saturated rings. The van der Waals surface area contributed by atoms with Crippen molar-refractivity contribution in [3.05, 3.63) is 66.0 Å². The van der Waals surface area contributed by atoms with Crippen LogP contribution < -0.4 is 0 Å². The Labute approximate surface area is 137 Å². The number of rotatable bonds is 5. The first kappa shape index (κ1) is 15.7. The third kappa shape index (κ3) is 3.77. The summed E-state index contributed by atoms with van der Waals surface area (Å²) in [6.07, 6.45) is 5.02. The molecule has 0 bridgehead atoms. The number of ether oxygens (including phenoxy) is 1. The SMILES string of the molecule is C[C@H](c1ccccc1)N(Cc1cccnc1)C(=O)[C@H]1CCCO1. The molecule has 4 nitrogen and oxygen atoms in total. The predicted octanol–water partition coefficient (Wildman–Crippen LogP) is 3.35. The normalized spacial score (nSPS) is 18.6. The molecule has 120 valence electrons. The maximum absolute atomic E-state index is 12.9. The zero-order valence-electron chi connectivity index (χ0n) is 13.4. The van der Waals surface area contributed by atoms with Gasteiger partial charge in [-0.3, -0.25) is 9.78 Å². The smallest absolute Gasteiger partial charge is 0.252 e. The average molecular weight is 310 g/mol. The number of hydrogen-bond donors (Lipinski definition) is 0. The molecule has 0 unspecified atom stereocenters. The van der Waals surface area contributed by atoms with Crippen LogP contribution in [0.1, 0.15) is 36.9 Å². The summed E-state index contributed by atoms with van der Waals surface area (Å²) in [5.74, 6) is 0.0720. The number of carbonyl (C=O) groups is 1. The third-order valence-corrected chi connectivity index (χ3v) is 4.31. The standard InChI is InChI=1S/C19H22N2O2/c1-15(17-8-3-2-4-9-17)21(14-16-7-5-11-20-13-16)19(22)18-10-6-12-23-18/h2-5,7-9,11,13,15,18H,6,10,12,14H2,1H3/t15-,18-/m1/s1. The van der Waals surface area contributed by atoms with Crippen molar-refractivity contribution in [1.82, 2.24) is 9.88 Å². The molecular formula is C19H22N2O2. The van der Waals surface area contributed by atoms with Crippen LogP contribution in [0, 0.1) is 0 Å². The van der Waals surface area contributed by atoms with Gasteiger partial charge in [0.15, 0.2) is 0 Å². The zero-order chi connectivity index (χ0) is 16.1. The lowest BCUT2D eigenvalue weighted by Crippen LogP contribution is -2.40. The van der Waals surface area contributed by atoms with Crippen LogP contribution in [0.3, 0.4) is 0 Å². The van der Waals surface area contributed by atoms with Gasteiger partial charge >= 0.3 is 0 Å². The van der Waals surface area contributed by atoms with Gasteiger partial charge in [0, 0.05) is 25.5 Å². The number of aromatic nitrogens is 1. The van der Waals surface area contributed by atoms with E-state index in [0.717, 1.165) is 24.0 Å². The second-order valence-corrected chi connectivity index (χ2v) is 5.92. The molecule has 1 aliphatic heterocycles. The Kier molecular flexibility index (Phi) is 5.03. The van der Waals surface area contributed by atoms with Crippen molar-refractivity contribution >= 4 is 5.91 Å². The van der Waals surface area contributed by atoms with Crippen molar-refractivity contribution < 1.29 is 9.53 Å². The molecule has 0 radical (unpaired) electrons. The van der Waals surface area contributed by atoms with Crippen molar-refractivity contribution in [2.75, 3.05) is 6.61 Å². The number of carbonyl (C=O) groups excluding carboxylic acids is 1. The van der Waals surface area contributed by atoms with Crippen molar-refractivity contribution in [3.63, 3.8) is 0 Å². The maximum atomic E-state index is 12.9. The summed E-state index contributed by atoms with van der Waals surface area (Å²) in [5.41, 5.74) is 2.16. The monoisotopic (exact) mass is 310 g/mol. The fourth-order valence-corrected chi connectivity index (χ4v) is 2.96. The van der Waals surface area contributed by atoms with E-state index in [4.69, 9.17) is 4.74 Å². The van der Waals surface area contributed by atoms with Crippen molar-refractivity contribution in [2.24, 2.45) is 0 Å². The number of pyridine rings is 1. The first-order chi connectivity index (χ1) is 11.3. The van der Waals surface area contributed by atoms with Crippen LogP contribution in [0.2, 0.25) is 0 Å². The highest BCUT2D eigenvalue weighted by molar-refractivity contribution is 5.81. The Hall–Kier alpha value is -2.20. The molecule has 0 spiro atoms. The summed E-state index contributed by atoms with van der Waals surface area (Å²) in [7, 11) is 0. The molecule has 3 rings (SSSR count). The van der Waals surface area contributed by atoms with Gasteiger partial charge in [-0.1, -0.05) is 36.4 Å². The third-order valence-electron chi connectivity index (χ3n) is 4.31. The average Bonchev–Trinajstić information content (AvgIpc) is 3.15. The van der Waals surface area contributed by atoms with Gasteiger partial charge in [-0.15, -0.1) is 0 Å². The first-order valence-corrected chi connectivity index (χ1v) is 8.11. The molecule has 2 atom stereocenters. The molecule has 1 saturated heterocycles. The largest absolute Gasteiger partial charge is 0.368 e. The minimum Gasteiger partial charge on any atom is -0.368 e. The summed E-state index contributed by atoms with van der Waals surface area (Å²) in [4.78, 5) is 19.0. The molecule has 23 heavy (non-hydrogen) atoms. The Morgan fingerprint density at radius 2 is 2.13 bits per heavy atom. The van der Waals surface area contributed by atoms with Crippen molar-refractivity contribution in [1.29, 1.82) is 0 Å². The fraction of sp³-hybridized carbons (Fsp3) is 0.368. The van der Waals surface area contributed by atoms with Crippen molar-refractivity contribution in [2.45, 2.75) is 38.5 Å². The molecule has 0 saturated carbocycles. The minimum absolute atomic E-state index is 0.00638. The number of hydrogen-bond acceptors (Lipinski definition) is 3. The van der Waals surface area contributed by atoms with E-state index in [2.05, 4.69) is 24.0 Å². The summed E-state index contributed by atoms with van der Waals surface area (Å²) in [5, 5.41) is 0. The lowest BCUT2D eigenvalue weighted by molar-refractivity contribution is -0.144. The van der Waals surface area contributed by atoms with Gasteiger partial charge in [-0.25, -0.2) is 0 Å². The Morgan fingerprint density at radius 3 is 2.78 bits per heavy atom. The van der Waals surface area contributed by atoms with Crippen LogP contribution in [0.4, 0.5) is 0 Å². The van der Waals surface area contributed by atoms with E-state index in [0.29, 0.717) is 13.2 Å². The van der Waals surface area contributed by atoms with Gasteiger partial charge in [-0.05, 0) is 37.0 Å². The van der Waals surface area contributed by atoms with Gasteiger partial charge in [-0.2, -0.15) is 0 Å². The predicted molar refractivity (Wildman–Crippen MR) is 88.6 cm³/mol. The maximum Gasteiger partial charge on any atom is 0.252 e. The van der Waals surface area contributed by atoms with Crippen LogP contribution >= 0.6 is 0 Å². The second kappa shape index (κ2) is 7.38. The molecule has 0 aliphatic carbocycles.